The van der Waals surface area contributed by atoms with Crippen LogP contribution in [0.1, 0.15) is 45.4 Å². The van der Waals surface area contributed by atoms with Crippen molar-refractivity contribution in [2.75, 3.05) is 7.11 Å². The van der Waals surface area contributed by atoms with Crippen molar-refractivity contribution in [1.29, 1.82) is 0 Å². The molecule has 1 aliphatic carbocycles. The number of fused-ring (bicyclic) bond motifs is 1. The second kappa shape index (κ2) is 3.23. The predicted octanol–water partition coefficient (Wildman–Crippen LogP) is 2.04. The van der Waals surface area contributed by atoms with Gasteiger partial charge in [0.1, 0.15) is 5.60 Å². The molecule has 2 aliphatic rings. The molecule has 1 heterocycles. The molecule has 0 radical (unpaired) electrons. The number of epoxide rings is 1. The third-order valence-electron chi connectivity index (χ3n) is 3.76. The number of ether oxygens (including phenoxy) is 2. The van der Waals surface area contributed by atoms with Crippen molar-refractivity contribution < 1.29 is 14.3 Å². The van der Waals surface area contributed by atoms with Gasteiger partial charge in [-0.1, -0.05) is 19.8 Å². The molecule has 2 fully saturated rings. The summed E-state index contributed by atoms with van der Waals surface area (Å²) in [5.74, 6) is -0.166. The van der Waals surface area contributed by atoms with Crippen LogP contribution in [0.25, 0.3) is 0 Å². The van der Waals surface area contributed by atoms with E-state index in [0.29, 0.717) is 0 Å². The number of carbonyl (C=O) groups excluding carboxylic acids is 1. The maximum atomic E-state index is 11.7. The van der Waals surface area contributed by atoms with E-state index < -0.39 is 5.60 Å². The van der Waals surface area contributed by atoms with Crippen molar-refractivity contribution in [2.45, 2.75) is 56.7 Å². The van der Waals surface area contributed by atoms with Crippen molar-refractivity contribution in [3.63, 3.8) is 0 Å². The summed E-state index contributed by atoms with van der Waals surface area (Å²) >= 11 is 0. The highest BCUT2D eigenvalue weighted by Crippen LogP contribution is 2.58. The van der Waals surface area contributed by atoms with Gasteiger partial charge in [-0.25, -0.2) is 4.79 Å². The van der Waals surface area contributed by atoms with Gasteiger partial charge in [-0.05, 0) is 25.7 Å². The average Bonchev–Trinajstić information content (AvgIpc) is 2.87. The standard InChI is InChI=1S/C11H18O3/c1-3-10-7-5-4-6-8-11(10,14-10)9(12)13-2/h3-8H2,1-2H3. The van der Waals surface area contributed by atoms with Crippen LogP contribution in [0.4, 0.5) is 0 Å². The van der Waals surface area contributed by atoms with Gasteiger partial charge in [0.05, 0.1) is 7.11 Å². The Hall–Kier alpha value is -0.570. The van der Waals surface area contributed by atoms with E-state index in [2.05, 4.69) is 6.92 Å². The van der Waals surface area contributed by atoms with Crippen molar-refractivity contribution in [2.24, 2.45) is 0 Å². The normalized spacial score (nSPS) is 41.0. The Labute approximate surface area is 84.8 Å². The quantitative estimate of drug-likeness (QED) is 0.503. The average molecular weight is 198 g/mol. The summed E-state index contributed by atoms with van der Waals surface area (Å²) in [5.41, 5.74) is -0.760. The van der Waals surface area contributed by atoms with Gasteiger partial charge in [0.15, 0.2) is 5.60 Å². The number of hydrogen-bond donors (Lipinski definition) is 0. The van der Waals surface area contributed by atoms with Crippen LogP contribution >= 0.6 is 0 Å². The molecule has 0 amide bonds. The molecule has 1 saturated heterocycles. The van der Waals surface area contributed by atoms with Gasteiger partial charge in [0, 0.05) is 0 Å². The highest BCUT2D eigenvalue weighted by molar-refractivity contribution is 5.84. The molecule has 3 heteroatoms. The van der Waals surface area contributed by atoms with E-state index in [0.717, 1.165) is 25.7 Å². The zero-order valence-corrected chi connectivity index (χ0v) is 8.97. The fraction of sp³-hybridized carbons (Fsp3) is 0.909. The molecule has 80 valence electrons. The number of carbonyl (C=O) groups is 1. The van der Waals surface area contributed by atoms with E-state index in [1.165, 1.54) is 20.0 Å². The monoisotopic (exact) mass is 198 g/mol. The summed E-state index contributed by atoms with van der Waals surface area (Å²) in [5, 5.41) is 0. The molecule has 0 aromatic heterocycles. The van der Waals surface area contributed by atoms with Crippen molar-refractivity contribution in [1.82, 2.24) is 0 Å². The second-order valence-electron chi connectivity index (χ2n) is 4.33. The molecular weight excluding hydrogens is 180 g/mol. The number of hydrogen-bond acceptors (Lipinski definition) is 3. The molecule has 2 unspecified atom stereocenters. The molecule has 1 aliphatic heterocycles. The lowest BCUT2D eigenvalue weighted by atomic mass is 9.86. The lowest BCUT2D eigenvalue weighted by Crippen LogP contribution is -2.34. The fourth-order valence-corrected chi connectivity index (χ4v) is 2.83. The van der Waals surface area contributed by atoms with Gasteiger partial charge in [0.25, 0.3) is 0 Å². The van der Waals surface area contributed by atoms with E-state index in [4.69, 9.17) is 9.47 Å². The summed E-state index contributed by atoms with van der Waals surface area (Å²) in [6, 6.07) is 0. The molecular formula is C11H18O3. The van der Waals surface area contributed by atoms with E-state index in [1.807, 2.05) is 0 Å². The summed E-state index contributed by atoms with van der Waals surface area (Å²) in [7, 11) is 1.45. The third-order valence-corrected chi connectivity index (χ3v) is 3.76. The molecule has 0 aromatic carbocycles. The van der Waals surface area contributed by atoms with E-state index in [-0.39, 0.29) is 11.6 Å². The summed E-state index contributed by atoms with van der Waals surface area (Å²) < 4.78 is 10.6. The van der Waals surface area contributed by atoms with Crippen molar-refractivity contribution in [3.05, 3.63) is 0 Å². The maximum Gasteiger partial charge on any atom is 0.341 e. The van der Waals surface area contributed by atoms with Crippen LogP contribution in [0.3, 0.4) is 0 Å². The largest absolute Gasteiger partial charge is 0.467 e. The smallest absolute Gasteiger partial charge is 0.341 e. The van der Waals surface area contributed by atoms with E-state index in [9.17, 15) is 4.79 Å². The molecule has 1 saturated carbocycles. The lowest BCUT2D eigenvalue weighted by Gasteiger charge is -2.13. The van der Waals surface area contributed by atoms with Crippen LogP contribution in [-0.4, -0.2) is 24.3 Å². The molecule has 0 bridgehead atoms. The van der Waals surface area contributed by atoms with Crippen LogP contribution in [0.15, 0.2) is 0 Å². The summed E-state index contributed by atoms with van der Waals surface area (Å²) in [6.07, 6.45) is 6.24. The van der Waals surface area contributed by atoms with Gasteiger partial charge in [0.2, 0.25) is 0 Å². The van der Waals surface area contributed by atoms with Crippen molar-refractivity contribution >= 4 is 5.97 Å². The van der Waals surface area contributed by atoms with Gasteiger partial charge >= 0.3 is 5.97 Å². The van der Waals surface area contributed by atoms with Gasteiger partial charge in [-0.2, -0.15) is 0 Å². The van der Waals surface area contributed by atoms with E-state index >= 15 is 0 Å². The molecule has 14 heavy (non-hydrogen) atoms. The minimum atomic E-state index is -0.576. The lowest BCUT2D eigenvalue weighted by molar-refractivity contribution is -0.147. The van der Waals surface area contributed by atoms with Gasteiger partial charge < -0.3 is 9.47 Å². The van der Waals surface area contributed by atoms with Crippen LogP contribution < -0.4 is 0 Å². The molecule has 2 atom stereocenters. The highest BCUT2D eigenvalue weighted by atomic mass is 16.7. The number of rotatable bonds is 2. The SMILES string of the molecule is CCC12CCCCCC1(C(=O)OC)O2. The van der Waals surface area contributed by atoms with Crippen LogP contribution in [0.5, 0.6) is 0 Å². The first-order chi connectivity index (χ1) is 6.71. The fourth-order valence-electron chi connectivity index (χ4n) is 2.83. The first kappa shape index (κ1) is 9.97. The predicted molar refractivity (Wildman–Crippen MR) is 51.9 cm³/mol. The zero-order valence-electron chi connectivity index (χ0n) is 8.97. The van der Waals surface area contributed by atoms with E-state index in [1.54, 1.807) is 0 Å². The van der Waals surface area contributed by atoms with Crippen LogP contribution in [-0.2, 0) is 14.3 Å². The molecule has 2 rings (SSSR count). The minimum Gasteiger partial charge on any atom is -0.467 e. The second-order valence-corrected chi connectivity index (χ2v) is 4.33. The van der Waals surface area contributed by atoms with Gasteiger partial charge in [-0.3, -0.25) is 0 Å². The number of esters is 1. The Morgan fingerprint density at radius 3 is 2.71 bits per heavy atom. The zero-order chi connectivity index (χ0) is 10.2. The Bertz CT molecular complexity index is 247. The first-order valence-electron chi connectivity index (χ1n) is 5.49. The Morgan fingerprint density at radius 2 is 2.07 bits per heavy atom. The highest BCUT2D eigenvalue weighted by Gasteiger charge is 2.73. The van der Waals surface area contributed by atoms with Crippen LogP contribution in [0, 0.1) is 0 Å². The molecule has 0 aromatic rings. The van der Waals surface area contributed by atoms with Crippen molar-refractivity contribution in [3.8, 4) is 0 Å². The Balaban J connectivity index is 2.21. The maximum absolute atomic E-state index is 11.7. The summed E-state index contributed by atoms with van der Waals surface area (Å²) in [4.78, 5) is 11.7. The first-order valence-corrected chi connectivity index (χ1v) is 5.49. The van der Waals surface area contributed by atoms with Crippen LogP contribution in [0.2, 0.25) is 0 Å². The topological polar surface area (TPSA) is 38.8 Å². The summed E-state index contributed by atoms with van der Waals surface area (Å²) in [6.45, 7) is 2.09. The molecule has 0 spiro atoms. The molecule has 3 nitrogen and oxygen atoms in total. The molecule has 0 N–H and O–H groups in total. The number of methoxy groups -OCH3 is 1. The Morgan fingerprint density at radius 1 is 1.36 bits per heavy atom. The van der Waals surface area contributed by atoms with Gasteiger partial charge in [-0.15, -0.1) is 0 Å². The third kappa shape index (κ3) is 1.11. The minimum absolute atomic E-state index is 0.166. The Kier molecular flexibility index (Phi) is 2.30.